The fourth-order valence-corrected chi connectivity index (χ4v) is 2.19. The van der Waals surface area contributed by atoms with Gasteiger partial charge in [-0.2, -0.15) is 0 Å². The minimum atomic E-state index is -0.846. The molecule has 4 N–H and O–H groups in total. The second-order valence-electron chi connectivity index (χ2n) is 4.31. The molecule has 0 saturated carbocycles. The topological polar surface area (TPSA) is 80.4 Å². The Morgan fingerprint density at radius 2 is 2.53 bits per heavy atom. The molecule has 0 bridgehead atoms. The van der Waals surface area contributed by atoms with Crippen molar-refractivity contribution < 1.29 is 9.84 Å². The molecule has 0 radical (unpaired) electrons. The van der Waals surface area contributed by atoms with Crippen LogP contribution in [0.2, 0.25) is 0 Å². The minimum absolute atomic E-state index is 0.174. The molecule has 6 heteroatoms. The summed E-state index contributed by atoms with van der Waals surface area (Å²) in [6.45, 7) is 2.84. The lowest BCUT2D eigenvalue weighted by atomic mass is 9.97. The van der Waals surface area contributed by atoms with E-state index in [1.165, 1.54) is 0 Å². The number of ether oxygens (including phenoxy) is 1. The molecule has 17 heavy (non-hydrogen) atoms. The van der Waals surface area contributed by atoms with Crippen molar-refractivity contribution >= 4 is 27.4 Å². The summed E-state index contributed by atoms with van der Waals surface area (Å²) in [7, 11) is 0. The molecular weight excluding hydrogens is 286 g/mol. The lowest BCUT2D eigenvalue weighted by molar-refractivity contribution is -0.0176. The Hall–Kier alpha value is -0.850. The number of aliphatic hydroxyl groups is 1. The summed E-state index contributed by atoms with van der Waals surface area (Å²) in [6, 6.07) is 1.77. The van der Waals surface area contributed by atoms with Gasteiger partial charge in [-0.25, -0.2) is 4.98 Å². The van der Waals surface area contributed by atoms with Crippen molar-refractivity contribution in [2.75, 3.05) is 24.2 Å². The molecule has 5 nitrogen and oxygen atoms in total. The molecule has 0 aromatic carbocycles. The third-order valence-electron chi connectivity index (χ3n) is 3.11. The van der Waals surface area contributed by atoms with Crippen LogP contribution in [-0.4, -0.2) is 34.9 Å². The first-order valence-electron chi connectivity index (χ1n) is 5.50. The number of hydrogen-bond acceptors (Lipinski definition) is 5. The molecular formula is C11H16BrN3O2. The first-order valence-corrected chi connectivity index (χ1v) is 6.29. The summed E-state index contributed by atoms with van der Waals surface area (Å²) in [5.74, 6) is 0.584. The number of nitrogens with two attached hydrogens (primary N) is 1. The monoisotopic (exact) mass is 301 g/mol. The first kappa shape index (κ1) is 12.6. The van der Waals surface area contributed by atoms with Crippen molar-refractivity contribution in [1.82, 2.24) is 4.98 Å². The van der Waals surface area contributed by atoms with Gasteiger partial charge in [-0.05, 0) is 28.9 Å². The van der Waals surface area contributed by atoms with Gasteiger partial charge in [0.1, 0.15) is 11.4 Å². The van der Waals surface area contributed by atoms with Gasteiger partial charge in [0, 0.05) is 30.2 Å². The van der Waals surface area contributed by atoms with E-state index in [1.807, 2.05) is 6.92 Å². The Morgan fingerprint density at radius 3 is 3.12 bits per heavy atom. The zero-order valence-electron chi connectivity index (χ0n) is 9.61. The average Bonchev–Trinajstić information content (AvgIpc) is 2.59. The minimum Gasteiger partial charge on any atom is -0.396 e. The van der Waals surface area contributed by atoms with Crippen LogP contribution in [0, 0.1) is 0 Å². The highest BCUT2D eigenvalue weighted by Gasteiger charge is 2.39. The maximum Gasteiger partial charge on any atom is 0.149 e. The van der Waals surface area contributed by atoms with Crippen molar-refractivity contribution in [3.05, 3.63) is 16.7 Å². The van der Waals surface area contributed by atoms with Crippen LogP contribution in [0.15, 0.2) is 16.7 Å². The van der Waals surface area contributed by atoms with E-state index in [9.17, 15) is 5.11 Å². The largest absolute Gasteiger partial charge is 0.396 e. The number of rotatable bonds is 3. The molecule has 1 aromatic rings. The maximum atomic E-state index is 10.3. The molecule has 2 atom stereocenters. The summed E-state index contributed by atoms with van der Waals surface area (Å²) in [5.41, 5.74) is 5.52. The number of aromatic nitrogens is 1. The van der Waals surface area contributed by atoms with Crippen LogP contribution in [0.5, 0.6) is 0 Å². The third-order valence-corrected chi connectivity index (χ3v) is 3.54. The molecule has 1 saturated heterocycles. The standard InChI is InChI=1S/C11H16BrN3O2/c1-7-11(16,2-3-17-7)6-15-10-9(13)4-8(12)5-14-10/h4-5,7,16H,2-3,6,13H2,1H3,(H,14,15). The number of hydrogen-bond donors (Lipinski definition) is 3. The molecule has 2 rings (SSSR count). The number of nitrogen functional groups attached to an aromatic ring is 1. The van der Waals surface area contributed by atoms with E-state index in [0.29, 0.717) is 31.1 Å². The second-order valence-corrected chi connectivity index (χ2v) is 5.23. The van der Waals surface area contributed by atoms with Crippen LogP contribution < -0.4 is 11.1 Å². The van der Waals surface area contributed by atoms with Gasteiger partial charge in [0.05, 0.1) is 11.8 Å². The summed E-state index contributed by atoms with van der Waals surface area (Å²) in [4.78, 5) is 4.16. The second kappa shape index (κ2) is 4.80. The van der Waals surface area contributed by atoms with Gasteiger partial charge in [-0.15, -0.1) is 0 Å². The number of nitrogens with one attached hydrogen (secondary N) is 1. The van der Waals surface area contributed by atoms with E-state index in [4.69, 9.17) is 10.5 Å². The Kier molecular flexibility index (Phi) is 3.56. The highest BCUT2D eigenvalue weighted by molar-refractivity contribution is 9.10. The molecule has 1 aliphatic heterocycles. The highest BCUT2D eigenvalue weighted by Crippen LogP contribution is 2.27. The SMILES string of the molecule is CC1OCCC1(O)CNc1ncc(Br)cc1N. The third kappa shape index (κ3) is 2.70. The van der Waals surface area contributed by atoms with Crippen molar-refractivity contribution in [1.29, 1.82) is 0 Å². The zero-order chi connectivity index (χ0) is 12.5. The number of nitrogens with zero attached hydrogens (tertiary/aromatic N) is 1. The smallest absolute Gasteiger partial charge is 0.149 e. The Labute approximate surface area is 108 Å². The van der Waals surface area contributed by atoms with E-state index in [0.717, 1.165) is 4.47 Å². The summed E-state index contributed by atoms with van der Waals surface area (Å²) in [6.07, 6.45) is 2.11. The Balaban J connectivity index is 2.02. The van der Waals surface area contributed by atoms with Crippen LogP contribution in [0.1, 0.15) is 13.3 Å². The van der Waals surface area contributed by atoms with Crippen LogP contribution in [0.25, 0.3) is 0 Å². The molecule has 1 aromatic heterocycles. The van der Waals surface area contributed by atoms with Gasteiger partial charge in [0.2, 0.25) is 0 Å². The first-order chi connectivity index (χ1) is 8.01. The number of anilines is 2. The Bertz CT molecular complexity index is 416. The maximum absolute atomic E-state index is 10.3. The van der Waals surface area contributed by atoms with E-state index in [1.54, 1.807) is 12.3 Å². The fourth-order valence-electron chi connectivity index (χ4n) is 1.84. The van der Waals surface area contributed by atoms with Gasteiger partial charge in [0.15, 0.2) is 0 Å². The highest BCUT2D eigenvalue weighted by atomic mass is 79.9. The summed E-state index contributed by atoms with van der Waals surface area (Å²) >= 11 is 3.29. The van der Waals surface area contributed by atoms with Gasteiger partial charge >= 0.3 is 0 Å². The normalized spacial score (nSPS) is 28.3. The molecule has 2 heterocycles. The predicted molar refractivity (Wildman–Crippen MR) is 69.8 cm³/mol. The van der Waals surface area contributed by atoms with Crippen molar-refractivity contribution in [3.8, 4) is 0 Å². The van der Waals surface area contributed by atoms with Gasteiger partial charge in [0.25, 0.3) is 0 Å². The molecule has 1 aliphatic rings. The summed E-state index contributed by atoms with van der Waals surface area (Å²) < 4.78 is 6.19. The van der Waals surface area contributed by atoms with E-state index >= 15 is 0 Å². The van der Waals surface area contributed by atoms with Crippen LogP contribution >= 0.6 is 15.9 Å². The van der Waals surface area contributed by atoms with Crippen molar-refractivity contribution in [2.45, 2.75) is 25.0 Å². The lowest BCUT2D eigenvalue weighted by Crippen LogP contribution is -2.43. The van der Waals surface area contributed by atoms with E-state index in [-0.39, 0.29) is 6.10 Å². The van der Waals surface area contributed by atoms with Gasteiger partial charge < -0.3 is 20.9 Å². The van der Waals surface area contributed by atoms with Gasteiger partial charge in [-0.3, -0.25) is 0 Å². The Morgan fingerprint density at radius 1 is 1.76 bits per heavy atom. The molecule has 0 spiro atoms. The quantitative estimate of drug-likeness (QED) is 0.786. The van der Waals surface area contributed by atoms with Crippen LogP contribution in [0.3, 0.4) is 0 Å². The molecule has 2 unspecified atom stereocenters. The predicted octanol–water partition coefficient (Wildman–Crippen LogP) is 1.38. The summed E-state index contributed by atoms with van der Waals surface area (Å²) in [5, 5.41) is 13.4. The lowest BCUT2D eigenvalue weighted by Gasteiger charge is -2.26. The van der Waals surface area contributed by atoms with Crippen molar-refractivity contribution in [2.24, 2.45) is 0 Å². The number of pyridine rings is 1. The molecule has 0 amide bonds. The van der Waals surface area contributed by atoms with E-state index in [2.05, 4.69) is 26.2 Å². The van der Waals surface area contributed by atoms with Crippen LogP contribution in [0.4, 0.5) is 11.5 Å². The molecule has 1 fully saturated rings. The zero-order valence-corrected chi connectivity index (χ0v) is 11.2. The van der Waals surface area contributed by atoms with Crippen LogP contribution in [-0.2, 0) is 4.74 Å². The van der Waals surface area contributed by atoms with Crippen molar-refractivity contribution in [3.63, 3.8) is 0 Å². The molecule has 94 valence electrons. The average molecular weight is 302 g/mol. The van der Waals surface area contributed by atoms with E-state index < -0.39 is 5.60 Å². The fraction of sp³-hybridized carbons (Fsp3) is 0.545. The number of halogens is 1. The molecule has 0 aliphatic carbocycles. The van der Waals surface area contributed by atoms with Gasteiger partial charge in [-0.1, -0.05) is 0 Å².